The third kappa shape index (κ3) is 1.74. The van der Waals surface area contributed by atoms with E-state index in [9.17, 15) is 0 Å². The van der Waals surface area contributed by atoms with Gasteiger partial charge >= 0.3 is 0 Å². The maximum Gasteiger partial charge on any atom is 0.0647 e. The second-order valence-corrected chi connectivity index (χ2v) is 1.55. The highest BCUT2D eigenvalue weighted by atomic mass is 16.5. The second-order valence-electron chi connectivity index (χ2n) is 1.55. The lowest BCUT2D eigenvalue weighted by atomic mass is 10.3. The zero-order valence-electron chi connectivity index (χ0n) is 5.26. The SMILES string of the molecule is [2H]C1CCC=CCO1. The van der Waals surface area contributed by atoms with E-state index in [2.05, 4.69) is 6.08 Å². The summed E-state index contributed by atoms with van der Waals surface area (Å²) < 4.78 is 12.1. The summed E-state index contributed by atoms with van der Waals surface area (Å²) in [6.45, 7) is 0.332. The quantitative estimate of drug-likeness (QED) is 0.416. The van der Waals surface area contributed by atoms with Gasteiger partial charge in [0.05, 0.1) is 7.98 Å². The lowest BCUT2D eigenvalue weighted by molar-refractivity contribution is 0.165. The Labute approximate surface area is 45.4 Å². The summed E-state index contributed by atoms with van der Waals surface area (Å²) in [6, 6.07) is 0. The van der Waals surface area contributed by atoms with Gasteiger partial charge in [0.1, 0.15) is 0 Å². The predicted molar refractivity (Wildman–Crippen MR) is 29.2 cm³/mol. The van der Waals surface area contributed by atoms with E-state index in [1.165, 1.54) is 0 Å². The third-order valence-corrected chi connectivity index (χ3v) is 0.928. The fraction of sp³-hybridized carbons (Fsp3) is 0.667. The van der Waals surface area contributed by atoms with E-state index < -0.39 is 0 Å². The van der Waals surface area contributed by atoms with E-state index in [1.54, 1.807) is 0 Å². The van der Waals surface area contributed by atoms with Crippen molar-refractivity contribution in [3.05, 3.63) is 12.2 Å². The van der Waals surface area contributed by atoms with Crippen molar-refractivity contribution in [3.8, 4) is 0 Å². The van der Waals surface area contributed by atoms with Crippen LogP contribution in [0.5, 0.6) is 0 Å². The largest absolute Gasteiger partial charge is 0.377 e. The highest BCUT2D eigenvalue weighted by molar-refractivity contribution is 4.82. The molecule has 0 bridgehead atoms. The monoisotopic (exact) mass is 99.1 g/mol. The Morgan fingerprint density at radius 3 is 3.57 bits per heavy atom. The van der Waals surface area contributed by atoms with Gasteiger partial charge in [0.25, 0.3) is 0 Å². The van der Waals surface area contributed by atoms with Crippen molar-refractivity contribution >= 4 is 0 Å². The molecule has 0 radical (unpaired) electrons. The molecule has 1 heteroatoms. The van der Waals surface area contributed by atoms with Gasteiger partial charge in [0.2, 0.25) is 0 Å². The Balaban J connectivity index is 2.28. The molecule has 0 N–H and O–H groups in total. The van der Waals surface area contributed by atoms with Crippen LogP contribution < -0.4 is 0 Å². The van der Waals surface area contributed by atoms with Crippen LogP contribution in [-0.4, -0.2) is 13.2 Å². The molecule has 0 aliphatic carbocycles. The molecular formula is C6H10O. The Hall–Kier alpha value is -0.300. The van der Waals surface area contributed by atoms with Crippen molar-refractivity contribution in [1.29, 1.82) is 0 Å². The fourth-order valence-corrected chi connectivity index (χ4v) is 0.557. The van der Waals surface area contributed by atoms with Crippen LogP contribution in [0.2, 0.25) is 0 Å². The van der Waals surface area contributed by atoms with Crippen LogP contribution in [-0.2, 0) is 4.74 Å². The van der Waals surface area contributed by atoms with Gasteiger partial charge in [-0.25, -0.2) is 0 Å². The maximum absolute atomic E-state index is 7.15. The van der Waals surface area contributed by atoms with Crippen LogP contribution >= 0.6 is 0 Å². The van der Waals surface area contributed by atoms with Gasteiger partial charge in [-0.05, 0) is 12.8 Å². The van der Waals surface area contributed by atoms with Gasteiger partial charge in [-0.2, -0.15) is 0 Å². The third-order valence-electron chi connectivity index (χ3n) is 0.928. The summed E-state index contributed by atoms with van der Waals surface area (Å²) >= 11 is 0. The van der Waals surface area contributed by atoms with Gasteiger partial charge in [-0.15, -0.1) is 0 Å². The molecule has 1 unspecified atom stereocenters. The first-order chi connectivity index (χ1) is 3.89. The molecule has 0 fully saturated rings. The molecule has 1 rings (SSSR count). The van der Waals surface area contributed by atoms with E-state index in [0.717, 1.165) is 12.8 Å². The molecule has 1 atom stereocenters. The van der Waals surface area contributed by atoms with Crippen molar-refractivity contribution in [1.82, 2.24) is 0 Å². The first kappa shape index (κ1) is 3.67. The van der Waals surface area contributed by atoms with Crippen LogP contribution in [0.15, 0.2) is 12.2 Å². The van der Waals surface area contributed by atoms with Gasteiger partial charge in [-0.1, -0.05) is 12.2 Å². The van der Waals surface area contributed by atoms with Crippen LogP contribution in [0.25, 0.3) is 0 Å². The van der Waals surface area contributed by atoms with Crippen molar-refractivity contribution in [2.45, 2.75) is 12.8 Å². The number of hydrogen-bond acceptors (Lipinski definition) is 1. The average Bonchev–Trinajstić information content (AvgIpc) is 1.94. The first-order valence-electron chi connectivity index (χ1n) is 3.16. The minimum absolute atomic E-state index is 0.287. The molecule has 1 heterocycles. The standard InChI is InChI=1S/C6H10O/c1-2-4-6-7-5-3-1/h1,3H,2,4-6H2/i6D. The Kier molecular flexibility index (Phi) is 1.47. The highest BCUT2D eigenvalue weighted by Gasteiger charge is 1.87. The van der Waals surface area contributed by atoms with E-state index in [-0.39, 0.29) is 6.58 Å². The molecular weight excluding hydrogens is 88.1 g/mol. The smallest absolute Gasteiger partial charge is 0.0647 e. The Bertz CT molecular complexity index is 80.5. The van der Waals surface area contributed by atoms with Crippen LogP contribution in [0.1, 0.15) is 14.2 Å². The summed E-state index contributed by atoms with van der Waals surface area (Å²) in [4.78, 5) is 0. The number of hydrogen-bond donors (Lipinski definition) is 0. The molecule has 0 spiro atoms. The van der Waals surface area contributed by atoms with Crippen molar-refractivity contribution in [2.75, 3.05) is 13.2 Å². The zero-order chi connectivity index (χ0) is 5.82. The zero-order valence-corrected chi connectivity index (χ0v) is 4.26. The molecule has 0 amide bonds. The molecule has 1 nitrogen and oxygen atoms in total. The van der Waals surface area contributed by atoms with Crippen molar-refractivity contribution in [2.24, 2.45) is 0 Å². The second kappa shape index (κ2) is 2.80. The summed E-state index contributed by atoms with van der Waals surface area (Å²) in [6.07, 6.45) is 5.87. The normalized spacial score (nSPS) is 34.3. The predicted octanol–water partition coefficient (Wildman–Crippen LogP) is 1.35. The van der Waals surface area contributed by atoms with E-state index >= 15 is 0 Å². The van der Waals surface area contributed by atoms with Crippen LogP contribution in [0, 0.1) is 0 Å². The lowest BCUT2D eigenvalue weighted by Gasteiger charge is -1.91. The summed E-state index contributed by atoms with van der Waals surface area (Å²) in [5.74, 6) is 0. The molecule has 0 aromatic rings. The van der Waals surface area contributed by atoms with Crippen LogP contribution in [0.3, 0.4) is 0 Å². The van der Waals surface area contributed by atoms with Crippen molar-refractivity contribution < 1.29 is 6.11 Å². The van der Waals surface area contributed by atoms with Gasteiger partial charge < -0.3 is 4.74 Å². The number of allylic oxidation sites excluding steroid dienone is 1. The topological polar surface area (TPSA) is 9.23 Å². The lowest BCUT2D eigenvalue weighted by Crippen LogP contribution is -1.88. The molecule has 0 saturated carbocycles. The minimum Gasteiger partial charge on any atom is -0.377 e. The van der Waals surface area contributed by atoms with E-state index in [0.29, 0.717) is 6.61 Å². The van der Waals surface area contributed by atoms with Gasteiger partial charge in [0.15, 0.2) is 0 Å². The maximum atomic E-state index is 7.15. The van der Waals surface area contributed by atoms with Gasteiger partial charge in [0, 0.05) is 6.58 Å². The van der Waals surface area contributed by atoms with E-state index in [4.69, 9.17) is 6.11 Å². The minimum atomic E-state index is -0.287. The summed E-state index contributed by atoms with van der Waals surface area (Å²) in [5, 5.41) is 0. The molecule has 0 aromatic carbocycles. The molecule has 40 valence electrons. The summed E-state index contributed by atoms with van der Waals surface area (Å²) in [5.41, 5.74) is 0. The van der Waals surface area contributed by atoms with Crippen LogP contribution in [0.4, 0.5) is 0 Å². The molecule has 1 aliphatic heterocycles. The Morgan fingerprint density at radius 1 is 1.57 bits per heavy atom. The highest BCUT2D eigenvalue weighted by Crippen LogP contribution is 1.96. The van der Waals surface area contributed by atoms with Crippen molar-refractivity contribution in [3.63, 3.8) is 0 Å². The molecule has 0 aromatic heterocycles. The molecule has 1 aliphatic rings. The molecule has 0 saturated heterocycles. The first-order valence-corrected chi connectivity index (χ1v) is 2.58. The number of rotatable bonds is 0. The summed E-state index contributed by atoms with van der Waals surface area (Å²) in [7, 11) is 0. The van der Waals surface area contributed by atoms with E-state index in [1.807, 2.05) is 6.08 Å². The van der Waals surface area contributed by atoms with Gasteiger partial charge in [-0.3, -0.25) is 0 Å². The fourth-order valence-electron chi connectivity index (χ4n) is 0.557. The average molecular weight is 99.2 g/mol. The Morgan fingerprint density at radius 2 is 2.57 bits per heavy atom. The molecule has 7 heavy (non-hydrogen) atoms. The number of ether oxygens (including phenoxy) is 1.